The number of nitrogens with zero attached hydrogens (tertiary/aromatic N) is 4. The fraction of sp³-hybridized carbons (Fsp3) is 0.0946. The fourth-order valence-corrected chi connectivity index (χ4v) is 12.8. The highest BCUT2D eigenvalue weighted by atomic mass is 16.5. The first-order chi connectivity index (χ1) is 41.3. The first-order valence-corrected chi connectivity index (χ1v) is 27.7. The molecule has 0 radical (unpaired) electrons. The summed E-state index contributed by atoms with van der Waals surface area (Å²) < 4.78 is 41.5. The predicted molar refractivity (Wildman–Crippen MR) is 337 cm³/mol. The van der Waals surface area contributed by atoms with Gasteiger partial charge in [-0.05, 0) is 191 Å². The number of methoxy groups -OCH3 is 6. The van der Waals surface area contributed by atoms with Crippen molar-refractivity contribution in [1.29, 1.82) is 5.26 Å². The molecule has 0 spiro atoms. The van der Waals surface area contributed by atoms with Gasteiger partial charge in [-0.15, -0.1) is 0 Å². The van der Waals surface area contributed by atoms with Gasteiger partial charge in [-0.2, -0.15) is 5.26 Å². The minimum atomic E-state index is -0.899. The van der Waals surface area contributed by atoms with Crippen LogP contribution >= 0.6 is 0 Å². The van der Waals surface area contributed by atoms with Crippen molar-refractivity contribution in [2.45, 2.75) is 5.41 Å². The maximum Gasteiger partial charge on any atom is 0.119 e. The molecular weight excluding hydrogens is 1040 g/mol. The molecule has 0 N–H and O–H groups in total. The second kappa shape index (κ2) is 20.6. The van der Waals surface area contributed by atoms with Crippen molar-refractivity contribution in [3.63, 3.8) is 0 Å². The Balaban J connectivity index is 1.01. The lowest BCUT2D eigenvalue weighted by Crippen LogP contribution is -2.31. The van der Waals surface area contributed by atoms with Crippen LogP contribution in [0.25, 0.3) is 93.6 Å². The molecule has 10 nitrogen and oxygen atoms in total. The van der Waals surface area contributed by atoms with Crippen molar-refractivity contribution >= 4 is 65.4 Å². The van der Waals surface area contributed by atoms with E-state index in [0.29, 0.717) is 5.56 Å². The van der Waals surface area contributed by atoms with E-state index in [0.717, 1.165) is 150 Å². The van der Waals surface area contributed by atoms with E-state index in [-0.39, 0.29) is 0 Å². The molecule has 11 aromatic carbocycles. The van der Waals surface area contributed by atoms with E-state index in [1.165, 1.54) is 0 Å². The van der Waals surface area contributed by atoms with Crippen LogP contribution in [0.1, 0.15) is 27.8 Å². The summed E-state index contributed by atoms with van der Waals surface area (Å²) in [6, 6.07) is 83.6. The Morgan fingerprint density at radius 2 is 0.488 bits per heavy atom. The van der Waals surface area contributed by atoms with Crippen molar-refractivity contribution < 1.29 is 28.4 Å². The minimum absolute atomic E-state index is 0.616. The van der Waals surface area contributed by atoms with E-state index in [4.69, 9.17) is 28.4 Å². The van der Waals surface area contributed by atoms with Gasteiger partial charge in [0.15, 0.2) is 0 Å². The number of hydrogen-bond acceptors (Lipinski definition) is 7. The van der Waals surface area contributed by atoms with Gasteiger partial charge < -0.3 is 42.1 Å². The molecule has 14 aromatic rings. The lowest BCUT2D eigenvalue weighted by Gasteiger charge is -2.37. The van der Waals surface area contributed by atoms with E-state index in [2.05, 4.69) is 190 Å². The lowest BCUT2D eigenvalue weighted by atomic mass is 9.65. The van der Waals surface area contributed by atoms with E-state index < -0.39 is 5.41 Å². The van der Waals surface area contributed by atoms with Crippen molar-refractivity contribution in [3.8, 4) is 68.8 Å². The number of rotatable bonds is 14. The molecule has 0 aliphatic rings. The third kappa shape index (κ3) is 8.15. The summed E-state index contributed by atoms with van der Waals surface area (Å²) in [5, 5.41) is 16.1. The molecule has 0 amide bonds. The summed E-state index contributed by atoms with van der Waals surface area (Å²) in [5.74, 6) is 4.69. The van der Waals surface area contributed by atoms with Crippen LogP contribution in [0.3, 0.4) is 0 Å². The highest BCUT2D eigenvalue weighted by molar-refractivity contribution is 6.12. The summed E-state index contributed by atoms with van der Waals surface area (Å²) >= 11 is 0. The van der Waals surface area contributed by atoms with E-state index in [9.17, 15) is 5.26 Å². The molecule has 0 aliphatic carbocycles. The third-order valence-corrected chi connectivity index (χ3v) is 16.9. The van der Waals surface area contributed by atoms with Crippen molar-refractivity contribution in [2.24, 2.45) is 0 Å². The quantitative estimate of drug-likeness (QED) is 0.100. The van der Waals surface area contributed by atoms with Crippen LogP contribution in [-0.4, -0.2) is 56.4 Å². The maximum absolute atomic E-state index is 9.68. The van der Waals surface area contributed by atoms with Crippen LogP contribution in [0, 0.1) is 11.3 Å². The number of ether oxygens (including phenoxy) is 6. The summed E-state index contributed by atoms with van der Waals surface area (Å²) in [7, 11) is 10.2. The van der Waals surface area contributed by atoms with Crippen LogP contribution < -0.4 is 28.4 Å². The van der Waals surface area contributed by atoms with Gasteiger partial charge in [-0.3, -0.25) is 0 Å². The standard InChI is InChI=1S/C74H56N4O6/c1-79-56-27-33-68-62(39-56)63-40-57(80-2)28-34-69(63)76(68)53-21-15-50(16-22-53)74(49-13-11-48(12-14-49)47-9-7-46(45-75)8-10-47,51-17-23-54(24-18-51)77-70-35-29-58(81-3)41-64(70)65-42-59(82-4)30-36-71(65)77)52-19-25-55(26-20-52)78-72-37-31-60(83-5)43-66(72)67-44-61(84-6)32-38-73(67)78/h7-44H,1-6H3. The molecule has 0 bridgehead atoms. The molecule has 0 aliphatic heterocycles. The molecular formula is C74H56N4O6. The largest absolute Gasteiger partial charge is 0.497 e. The number of fused-ring (bicyclic) bond motifs is 9. The lowest BCUT2D eigenvalue weighted by molar-refractivity contribution is 0.415. The molecule has 0 fully saturated rings. The monoisotopic (exact) mass is 1100 g/mol. The van der Waals surface area contributed by atoms with Gasteiger partial charge in [-0.1, -0.05) is 72.8 Å². The highest BCUT2D eigenvalue weighted by Gasteiger charge is 2.39. The Labute approximate surface area is 485 Å². The molecule has 3 heterocycles. The van der Waals surface area contributed by atoms with E-state index in [1.807, 2.05) is 60.7 Å². The zero-order chi connectivity index (χ0) is 57.2. The predicted octanol–water partition coefficient (Wildman–Crippen LogP) is 17.0. The zero-order valence-electron chi connectivity index (χ0n) is 47.2. The van der Waals surface area contributed by atoms with Crippen LogP contribution in [0.2, 0.25) is 0 Å². The third-order valence-electron chi connectivity index (χ3n) is 16.9. The average Bonchev–Trinajstić information content (AvgIpc) is 2.30. The van der Waals surface area contributed by atoms with Gasteiger partial charge in [0, 0.05) is 49.4 Å². The SMILES string of the molecule is COc1ccc2c(c1)c1cc(OC)ccc1n2-c1ccc(C(c2ccc(-c3ccc(C#N)cc3)cc2)(c2ccc(-n3c4ccc(OC)cc4c4cc(OC)ccc43)cc2)c2ccc(-n3c4ccc(OC)cc4c4cc(OC)ccc43)cc2)cc1. The Morgan fingerprint density at radius 3 is 0.702 bits per heavy atom. The van der Waals surface area contributed by atoms with Gasteiger partial charge in [0.2, 0.25) is 0 Å². The Kier molecular flexibility index (Phi) is 12.6. The van der Waals surface area contributed by atoms with Gasteiger partial charge in [-0.25, -0.2) is 0 Å². The Bertz CT molecular complexity index is 4300. The Morgan fingerprint density at radius 1 is 0.274 bits per heavy atom. The first-order valence-electron chi connectivity index (χ1n) is 27.7. The van der Waals surface area contributed by atoms with Crippen LogP contribution in [0.4, 0.5) is 0 Å². The average molecular weight is 1100 g/mol. The molecule has 84 heavy (non-hydrogen) atoms. The maximum atomic E-state index is 9.68. The van der Waals surface area contributed by atoms with Crippen LogP contribution in [-0.2, 0) is 5.41 Å². The summed E-state index contributed by atoms with van der Waals surface area (Å²) in [4.78, 5) is 0. The van der Waals surface area contributed by atoms with Gasteiger partial charge in [0.25, 0.3) is 0 Å². The van der Waals surface area contributed by atoms with Crippen molar-refractivity contribution in [3.05, 3.63) is 258 Å². The Hall–Kier alpha value is -10.9. The number of benzene rings is 11. The second-order valence-corrected chi connectivity index (χ2v) is 21.0. The van der Waals surface area contributed by atoms with E-state index in [1.54, 1.807) is 42.7 Å². The molecule has 0 saturated heterocycles. The van der Waals surface area contributed by atoms with Crippen molar-refractivity contribution in [2.75, 3.05) is 42.7 Å². The molecule has 0 atom stereocenters. The van der Waals surface area contributed by atoms with Crippen LogP contribution in [0.15, 0.2) is 231 Å². The molecule has 3 aromatic heterocycles. The zero-order valence-corrected chi connectivity index (χ0v) is 47.2. The number of hydrogen-bond donors (Lipinski definition) is 0. The highest BCUT2D eigenvalue weighted by Crippen LogP contribution is 2.48. The first kappa shape index (κ1) is 51.3. The topological polar surface area (TPSA) is 94.0 Å². The van der Waals surface area contributed by atoms with E-state index >= 15 is 0 Å². The normalized spacial score (nSPS) is 11.7. The van der Waals surface area contributed by atoms with Gasteiger partial charge in [0.05, 0.1) is 92.8 Å². The summed E-state index contributed by atoms with van der Waals surface area (Å²) in [6.45, 7) is 0. The fourth-order valence-electron chi connectivity index (χ4n) is 12.8. The van der Waals surface area contributed by atoms with Crippen molar-refractivity contribution in [1.82, 2.24) is 13.7 Å². The van der Waals surface area contributed by atoms with Gasteiger partial charge >= 0.3 is 0 Å². The molecule has 408 valence electrons. The second-order valence-electron chi connectivity index (χ2n) is 21.0. The molecule has 0 saturated carbocycles. The number of nitriles is 1. The summed E-state index contributed by atoms with van der Waals surface area (Å²) in [5.41, 5.74) is 15.3. The molecule has 14 rings (SSSR count). The summed E-state index contributed by atoms with van der Waals surface area (Å²) in [6.07, 6.45) is 0. The minimum Gasteiger partial charge on any atom is -0.497 e. The molecule has 0 unspecified atom stereocenters. The van der Waals surface area contributed by atoms with Gasteiger partial charge in [0.1, 0.15) is 34.5 Å². The molecule has 10 heteroatoms. The number of aromatic nitrogens is 3. The van der Waals surface area contributed by atoms with Crippen LogP contribution in [0.5, 0.6) is 34.5 Å². The smallest absolute Gasteiger partial charge is 0.119 e.